The number of thiazole rings is 1. The van der Waals surface area contributed by atoms with Gasteiger partial charge < -0.3 is 14.6 Å². The number of allylic oxidation sites excluding steroid dienone is 1. The Labute approximate surface area is 208 Å². The first kappa shape index (κ1) is 28.4. The smallest absolute Gasteiger partial charge is 0.309 e. The van der Waals surface area contributed by atoms with Crippen LogP contribution in [0.2, 0.25) is 0 Å². The lowest BCUT2D eigenvalue weighted by Gasteiger charge is -2.35. The number of methoxy groups -OCH3 is 1. The molecule has 2 rings (SSSR count). The molecule has 1 aromatic heterocycles. The van der Waals surface area contributed by atoms with Gasteiger partial charge >= 0.3 is 5.97 Å². The van der Waals surface area contributed by atoms with Gasteiger partial charge in [-0.05, 0) is 50.7 Å². The van der Waals surface area contributed by atoms with Crippen molar-refractivity contribution in [3.05, 3.63) is 33.8 Å². The fourth-order valence-corrected chi connectivity index (χ4v) is 5.18. The Hall–Kier alpha value is -1.83. The molecule has 0 amide bonds. The fraction of sp³-hybridized carbons (Fsp3) is 0.667. The summed E-state index contributed by atoms with van der Waals surface area (Å²) in [5.74, 6) is -0.832. The van der Waals surface area contributed by atoms with E-state index in [-0.39, 0.29) is 24.2 Å². The van der Waals surface area contributed by atoms with Gasteiger partial charge in [0.2, 0.25) is 0 Å². The minimum atomic E-state index is -1.16. The number of cyclic esters (lactones) is 1. The van der Waals surface area contributed by atoms with E-state index in [1.54, 1.807) is 32.3 Å². The van der Waals surface area contributed by atoms with Gasteiger partial charge in [0.05, 0.1) is 34.7 Å². The first-order chi connectivity index (χ1) is 16.0. The number of esters is 1. The first-order valence-corrected chi connectivity index (χ1v) is 13.0. The number of ether oxygens (including phenoxy) is 2. The topological polar surface area (TPSA) is 85.7 Å². The van der Waals surface area contributed by atoms with Gasteiger partial charge in [-0.25, -0.2) is 4.98 Å². The van der Waals surface area contributed by atoms with E-state index in [0.717, 1.165) is 35.5 Å². The summed E-state index contributed by atoms with van der Waals surface area (Å²) in [5, 5.41) is 13.8. The summed E-state index contributed by atoms with van der Waals surface area (Å²) in [6.07, 6.45) is 7.36. The van der Waals surface area contributed by atoms with Crippen LogP contribution in [0.15, 0.2) is 23.1 Å². The number of carbonyl (C=O) groups excluding carboxylic acids is 2. The molecule has 0 spiro atoms. The number of Topliss-reactive ketones (excluding diaryl/α,β-unsaturated/α-hetero) is 1. The van der Waals surface area contributed by atoms with E-state index in [9.17, 15) is 14.7 Å². The summed E-state index contributed by atoms with van der Waals surface area (Å²) in [6, 6.07) is 0. The van der Waals surface area contributed by atoms with Crippen LogP contribution in [0.5, 0.6) is 0 Å². The predicted molar refractivity (Wildman–Crippen MR) is 137 cm³/mol. The molecular weight excluding hydrogens is 450 g/mol. The molecule has 0 aliphatic carbocycles. The van der Waals surface area contributed by atoms with E-state index in [1.165, 1.54) is 0 Å². The third kappa shape index (κ3) is 7.59. The SMILES string of the molecule is CO[C@H]1[C@H](C)C(=O)C(C)(C)[C@@H](O)CC(=O)O[C@H](/C(C)=C/c2csc(C)n2)C/C=C\CCC[C@@H]1C. The Kier molecular flexibility index (Phi) is 10.7. The number of aromatic nitrogens is 1. The molecule has 0 bridgehead atoms. The third-order valence-corrected chi connectivity index (χ3v) is 7.70. The zero-order chi connectivity index (χ0) is 25.5. The van der Waals surface area contributed by atoms with Crippen molar-refractivity contribution < 1.29 is 24.2 Å². The highest BCUT2D eigenvalue weighted by Gasteiger charge is 2.42. The lowest BCUT2D eigenvalue weighted by molar-refractivity contribution is -0.154. The third-order valence-electron chi connectivity index (χ3n) is 6.91. The normalized spacial score (nSPS) is 31.2. The zero-order valence-electron chi connectivity index (χ0n) is 21.7. The fourth-order valence-electron chi connectivity index (χ4n) is 4.61. The maximum Gasteiger partial charge on any atom is 0.309 e. The molecule has 7 heteroatoms. The summed E-state index contributed by atoms with van der Waals surface area (Å²) in [6.45, 7) is 11.2. The van der Waals surface area contributed by atoms with Gasteiger partial charge in [-0.15, -0.1) is 11.3 Å². The van der Waals surface area contributed by atoms with Crippen molar-refractivity contribution in [1.29, 1.82) is 0 Å². The van der Waals surface area contributed by atoms with Gasteiger partial charge in [0.15, 0.2) is 0 Å². The first-order valence-electron chi connectivity index (χ1n) is 12.2. The molecule has 0 unspecified atom stereocenters. The molecule has 1 aromatic rings. The average molecular weight is 492 g/mol. The second-order valence-corrected chi connectivity index (χ2v) is 11.1. The maximum absolute atomic E-state index is 13.4. The van der Waals surface area contributed by atoms with Crippen LogP contribution in [0.3, 0.4) is 0 Å². The molecule has 1 N–H and O–H groups in total. The number of aliphatic hydroxyl groups is 1. The van der Waals surface area contributed by atoms with Gasteiger partial charge in [-0.2, -0.15) is 0 Å². The molecule has 2 heterocycles. The average Bonchev–Trinajstić information content (AvgIpc) is 3.18. The van der Waals surface area contributed by atoms with Crippen LogP contribution in [0, 0.1) is 24.2 Å². The molecule has 5 atom stereocenters. The number of rotatable bonds is 3. The van der Waals surface area contributed by atoms with Crippen molar-refractivity contribution in [1.82, 2.24) is 4.98 Å². The van der Waals surface area contributed by atoms with E-state index in [4.69, 9.17) is 9.47 Å². The summed E-state index contributed by atoms with van der Waals surface area (Å²) >= 11 is 1.57. The van der Waals surface area contributed by atoms with Crippen molar-refractivity contribution in [3.63, 3.8) is 0 Å². The molecule has 0 saturated carbocycles. The Balaban J connectivity index is 2.29. The van der Waals surface area contributed by atoms with Crippen LogP contribution in [0.4, 0.5) is 0 Å². The van der Waals surface area contributed by atoms with Crippen molar-refractivity contribution in [2.45, 2.75) is 92.0 Å². The molecule has 34 heavy (non-hydrogen) atoms. The number of nitrogens with zero attached hydrogens (tertiary/aromatic N) is 1. The number of ketones is 1. The molecule has 0 fully saturated rings. The van der Waals surface area contributed by atoms with Gasteiger partial charge in [0, 0.05) is 24.8 Å². The van der Waals surface area contributed by atoms with Crippen LogP contribution in [-0.4, -0.2) is 47.3 Å². The largest absolute Gasteiger partial charge is 0.457 e. The van der Waals surface area contributed by atoms with Crippen LogP contribution >= 0.6 is 11.3 Å². The molecule has 0 saturated heterocycles. The Bertz CT molecular complexity index is 887. The highest BCUT2D eigenvalue weighted by Crippen LogP contribution is 2.33. The summed E-state index contributed by atoms with van der Waals surface area (Å²) in [7, 11) is 1.63. The van der Waals surface area contributed by atoms with E-state index >= 15 is 0 Å². The number of aliphatic hydroxyl groups excluding tert-OH is 1. The highest BCUT2D eigenvalue weighted by molar-refractivity contribution is 7.09. The molecule has 6 nitrogen and oxygen atoms in total. The number of hydrogen-bond donors (Lipinski definition) is 1. The summed E-state index contributed by atoms with van der Waals surface area (Å²) < 4.78 is 11.5. The van der Waals surface area contributed by atoms with Crippen LogP contribution in [-0.2, 0) is 19.1 Å². The minimum Gasteiger partial charge on any atom is -0.457 e. The van der Waals surface area contributed by atoms with E-state index < -0.39 is 29.5 Å². The molecule has 1 aliphatic heterocycles. The van der Waals surface area contributed by atoms with Gasteiger partial charge in [0.25, 0.3) is 0 Å². The van der Waals surface area contributed by atoms with Crippen LogP contribution in [0.1, 0.15) is 77.4 Å². The maximum atomic E-state index is 13.4. The van der Waals surface area contributed by atoms with Gasteiger partial charge in [-0.3, -0.25) is 9.59 Å². The molecule has 1 aliphatic rings. The van der Waals surface area contributed by atoms with Crippen molar-refractivity contribution in [3.8, 4) is 0 Å². The van der Waals surface area contributed by atoms with Crippen molar-refractivity contribution in [2.24, 2.45) is 17.3 Å². The quantitative estimate of drug-likeness (QED) is 0.442. The Morgan fingerprint density at radius 3 is 2.62 bits per heavy atom. The van der Waals surface area contributed by atoms with Crippen molar-refractivity contribution >= 4 is 29.2 Å². The standard InChI is InChI=1S/C27H41NO5S/c1-17-12-10-8-9-11-13-22(18(2)14-21-16-34-20(4)28-21)33-24(30)15-23(29)27(5,6)26(31)19(3)25(17)32-7/h9,11,14,16-17,19,22-23,25,29H,8,10,12-13,15H2,1-7H3/b11-9-,18-14+/t17-,19-,22-,23-,25+/m0/s1. The molecule has 190 valence electrons. The zero-order valence-corrected chi connectivity index (χ0v) is 22.5. The molecule has 0 radical (unpaired) electrons. The number of carbonyl (C=O) groups is 2. The van der Waals surface area contributed by atoms with E-state index in [0.29, 0.717) is 6.42 Å². The van der Waals surface area contributed by atoms with E-state index in [2.05, 4.69) is 24.1 Å². The number of aryl methyl sites for hydroxylation is 1. The van der Waals surface area contributed by atoms with Gasteiger partial charge in [0.1, 0.15) is 11.9 Å². The minimum absolute atomic E-state index is 0.106. The predicted octanol–water partition coefficient (Wildman–Crippen LogP) is 5.53. The van der Waals surface area contributed by atoms with E-state index in [1.807, 2.05) is 32.2 Å². The lowest BCUT2D eigenvalue weighted by Crippen LogP contribution is -2.46. The lowest BCUT2D eigenvalue weighted by atomic mass is 9.73. The summed E-state index contributed by atoms with van der Waals surface area (Å²) in [4.78, 5) is 30.6. The number of hydrogen-bond acceptors (Lipinski definition) is 7. The molecule has 0 aromatic carbocycles. The van der Waals surface area contributed by atoms with Crippen LogP contribution < -0.4 is 0 Å². The van der Waals surface area contributed by atoms with Crippen LogP contribution in [0.25, 0.3) is 6.08 Å². The second-order valence-electron chi connectivity index (χ2n) is 10.1. The monoisotopic (exact) mass is 491 g/mol. The highest BCUT2D eigenvalue weighted by atomic mass is 32.1. The summed E-state index contributed by atoms with van der Waals surface area (Å²) in [5.41, 5.74) is 0.624. The van der Waals surface area contributed by atoms with Gasteiger partial charge in [-0.1, -0.05) is 39.8 Å². The second kappa shape index (κ2) is 12.8. The Morgan fingerprint density at radius 2 is 2.00 bits per heavy atom. The molecular formula is C27H41NO5S. The van der Waals surface area contributed by atoms with Crippen molar-refractivity contribution in [2.75, 3.05) is 7.11 Å². The Morgan fingerprint density at radius 1 is 1.29 bits per heavy atom.